The van der Waals surface area contributed by atoms with Crippen LogP contribution in [0, 0.1) is 5.82 Å². The average molecular weight is 393 g/mol. The first kappa shape index (κ1) is 18.7. The number of rotatable bonds is 5. The molecular weight excluding hydrogens is 373 g/mol. The molecule has 0 spiro atoms. The van der Waals surface area contributed by atoms with Gasteiger partial charge in [0.05, 0.1) is 6.26 Å². The predicted molar refractivity (Wildman–Crippen MR) is 107 cm³/mol. The lowest BCUT2D eigenvalue weighted by atomic mass is 10.1. The highest BCUT2D eigenvalue weighted by Crippen LogP contribution is 2.34. The van der Waals surface area contributed by atoms with Gasteiger partial charge in [-0.2, -0.15) is 0 Å². The van der Waals surface area contributed by atoms with Crippen molar-refractivity contribution in [1.82, 2.24) is 5.32 Å². The van der Waals surface area contributed by atoms with E-state index in [-0.39, 0.29) is 18.3 Å². The molecule has 1 aliphatic heterocycles. The van der Waals surface area contributed by atoms with Crippen molar-refractivity contribution in [2.45, 2.75) is 12.5 Å². The number of nitrogens with one attached hydrogen (secondary N) is 2. The van der Waals surface area contributed by atoms with Gasteiger partial charge in [-0.1, -0.05) is 24.3 Å². The van der Waals surface area contributed by atoms with Gasteiger partial charge in [0.25, 0.3) is 0 Å². The summed E-state index contributed by atoms with van der Waals surface area (Å²) in [7, 11) is 0. The maximum Gasteiger partial charge on any atom is 0.313 e. The van der Waals surface area contributed by atoms with Gasteiger partial charge in [-0.05, 0) is 48.4 Å². The lowest BCUT2D eigenvalue weighted by Gasteiger charge is -2.29. The van der Waals surface area contributed by atoms with E-state index < -0.39 is 17.6 Å². The molecule has 7 heteroatoms. The number of hydrogen-bond donors (Lipinski definition) is 2. The molecular formula is C22H20FN3O3. The first-order chi connectivity index (χ1) is 14.1. The third kappa shape index (κ3) is 4.13. The fourth-order valence-electron chi connectivity index (χ4n) is 3.56. The van der Waals surface area contributed by atoms with Crippen LogP contribution in [0.5, 0.6) is 0 Å². The molecule has 2 heterocycles. The first-order valence-electron chi connectivity index (χ1n) is 9.34. The second kappa shape index (κ2) is 8.18. The minimum absolute atomic E-state index is 0.192. The highest BCUT2D eigenvalue weighted by atomic mass is 19.1. The zero-order valence-electron chi connectivity index (χ0n) is 15.6. The second-order valence-corrected chi connectivity index (χ2v) is 6.78. The van der Waals surface area contributed by atoms with Gasteiger partial charge in [0.2, 0.25) is 0 Å². The van der Waals surface area contributed by atoms with Gasteiger partial charge < -0.3 is 20.0 Å². The molecule has 1 aromatic heterocycles. The Labute approximate surface area is 167 Å². The summed E-state index contributed by atoms with van der Waals surface area (Å²) in [5.41, 5.74) is 2.55. The Bertz CT molecular complexity index is 1020. The van der Waals surface area contributed by atoms with Gasteiger partial charge in [-0.15, -0.1) is 0 Å². The number of furan rings is 1. The molecule has 2 N–H and O–H groups in total. The van der Waals surface area contributed by atoms with E-state index in [2.05, 4.69) is 21.6 Å². The van der Waals surface area contributed by atoms with Gasteiger partial charge in [-0.3, -0.25) is 9.59 Å². The van der Waals surface area contributed by atoms with Crippen molar-refractivity contribution < 1.29 is 18.4 Å². The van der Waals surface area contributed by atoms with Crippen LogP contribution in [0.15, 0.2) is 71.3 Å². The van der Waals surface area contributed by atoms with Crippen molar-refractivity contribution in [2.24, 2.45) is 0 Å². The molecule has 2 aromatic carbocycles. The van der Waals surface area contributed by atoms with Crippen molar-refractivity contribution >= 4 is 23.2 Å². The summed E-state index contributed by atoms with van der Waals surface area (Å²) in [5.74, 6) is -1.43. The van der Waals surface area contributed by atoms with Gasteiger partial charge in [0.15, 0.2) is 0 Å². The maximum atomic E-state index is 13.3. The van der Waals surface area contributed by atoms with Crippen LogP contribution in [0.2, 0.25) is 0 Å². The Morgan fingerprint density at radius 2 is 1.93 bits per heavy atom. The topological polar surface area (TPSA) is 74.6 Å². The van der Waals surface area contributed by atoms with Crippen LogP contribution in [0.25, 0.3) is 0 Å². The monoisotopic (exact) mass is 393 g/mol. The summed E-state index contributed by atoms with van der Waals surface area (Å²) in [5, 5.41) is 5.07. The Balaban J connectivity index is 1.45. The summed E-state index contributed by atoms with van der Waals surface area (Å²) in [4.78, 5) is 26.6. The molecule has 0 fully saturated rings. The zero-order valence-corrected chi connectivity index (χ0v) is 15.6. The molecule has 4 rings (SSSR count). The molecule has 148 valence electrons. The summed E-state index contributed by atoms with van der Waals surface area (Å²) < 4.78 is 18.8. The van der Waals surface area contributed by atoms with Crippen LogP contribution in [0.3, 0.4) is 0 Å². The van der Waals surface area contributed by atoms with Gasteiger partial charge in [0, 0.05) is 24.5 Å². The van der Waals surface area contributed by atoms with Crippen LogP contribution < -0.4 is 15.5 Å². The Morgan fingerprint density at radius 3 is 2.72 bits per heavy atom. The molecule has 0 unspecified atom stereocenters. The lowest BCUT2D eigenvalue weighted by Crippen LogP contribution is -2.41. The summed E-state index contributed by atoms with van der Waals surface area (Å²) >= 11 is 0. The molecule has 2 amide bonds. The molecule has 3 aromatic rings. The minimum atomic E-state index is -0.851. The number of nitrogens with zero attached hydrogens (tertiary/aromatic N) is 1. The molecule has 1 aliphatic rings. The third-order valence-electron chi connectivity index (χ3n) is 4.92. The van der Waals surface area contributed by atoms with Crippen LogP contribution in [0.4, 0.5) is 15.8 Å². The van der Waals surface area contributed by atoms with Crippen LogP contribution >= 0.6 is 0 Å². The van der Waals surface area contributed by atoms with E-state index in [9.17, 15) is 14.0 Å². The minimum Gasteiger partial charge on any atom is -0.467 e. The summed E-state index contributed by atoms with van der Waals surface area (Å²) in [6.45, 7) is 0.979. The molecule has 29 heavy (non-hydrogen) atoms. The lowest BCUT2D eigenvalue weighted by molar-refractivity contribution is -0.136. The van der Waals surface area contributed by atoms with Gasteiger partial charge in [0.1, 0.15) is 17.6 Å². The molecule has 1 atom stereocenters. The van der Waals surface area contributed by atoms with Crippen LogP contribution in [0.1, 0.15) is 17.4 Å². The number of para-hydroxylation sites is 1. The number of carbonyl (C=O) groups is 2. The normalized spacial score (nSPS) is 13.6. The Hall–Kier alpha value is -3.61. The molecule has 0 aliphatic carbocycles. The van der Waals surface area contributed by atoms with E-state index in [1.807, 2.05) is 24.3 Å². The summed E-state index contributed by atoms with van der Waals surface area (Å²) in [6, 6.07) is 16.9. The third-order valence-corrected chi connectivity index (χ3v) is 4.92. The Kier molecular flexibility index (Phi) is 5.29. The fraction of sp³-hybridized carbons (Fsp3) is 0.182. The number of hydrogen-bond acceptors (Lipinski definition) is 4. The van der Waals surface area contributed by atoms with Crippen molar-refractivity contribution in [3.63, 3.8) is 0 Å². The second-order valence-electron chi connectivity index (χ2n) is 6.78. The molecule has 0 saturated heterocycles. The van der Waals surface area contributed by atoms with Crippen molar-refractivity contribution in [3.05, 3.63) is 84.1 Å². The van der Waals surface area contributed by atoms with Gasteiger partial charge >= 0.3 is 11.8 Å². The molecule has 0 bridgehead atoms. The summed E-state index contributed by atoms with van der Waals surface area (Å²) in [6.07, 6.45) is 2.49. The number of anilines is 2. The highest BCUT2D eigenvalue weighted by Gasteiger charge is 2.29. The van der Waals surface area contributed by atoms with Crippen LogP contribution in [-0.4, -0.2) is 24.9 Å². The number of halogens is 1. The number of carbonyl (C=O) groups excluding carboxylic acids is 2. The first-order valence-corrected chi connectivity index (χ1v) is 9.34. The van der Waals surface area contributed by atoms with E-state index >= 15 is 0 Å². The molecule has 6 nitrogen and oxygen atoms in total. The van der Waals surface area contributed by atoms with E-state index in [1.165, 1.54) is 23.8 Å². The quantitative estimate of drug-likeness (QED) is 0.653. The molecule has 0 saturated carbocycles. The number of benzene rings is 2. The SMILES string of the molecule is O=C(NC[C@H](c1ccco1)N1CCc2ccccc21)C(=O)Nc1cccc(F)c1. The zero-order chi connectivity index (χ0) is 20.2. The standard InChI is InChI=1S/C22H20FN3O3/c23-16-6-3-7-17(13-16)25-22(28)21(27)24-14-19(20-9-4-12-29-20)26-11-10-15-5-1-2-8-18(15)26/h1-9,12-13,19H,10-11,14H2,(H,24,27)(H,25,28)/t19-/m1/s1. The van der Waals surface area contributed by atoms with Crippen molar-refractivity contribution in [3.8, 4) is 0 Å². The highest BCUT2D eigenvalue weighted by molar-refractivity contribution is 6.39. The fourth-order valence-corrected chi connectivity index (χ4v) is 3.56. The van der Waals surface area contributed by atoms with Crippen molar-refractivity contribution in [1.29, 1.82) is 0 Å². The number of fused-ring (bicyclic) bond motifs is 1. The van der Waals surface area contributed by atoms with Crippen molar-refractivity contribution in [2.75, 3.05) is 23.3 Å². The van der Waals surface area contributed by atoms with E-state index in [4.69, 9.17) is 4.42 Å². The van der Waals surface area contributed by atoms with Crippen LogP contribution in [-0.2, 0) is 16.0 Å². The largest absolute Gasteiger partial charge is 0.467 e. The van der Waals surface area contributed by atoms with E-state index in [0.717, 1.165) is 24.7 Å². The van der Waals surface area contributed by atoms with E-state index in [0.29, 0.717) is 5.76 Å². The van der Waals surface area contributed by atoms with E-state index in [1.54, 1.807) is 12.3 Å². The number of amides is 2. The van der Waals surface area contributed by atoms with Gasteiger partial charge in [-0.25, -0.2) is 4.39 Å². The Morgan fingerprint density at radius 1 is 1.07 bits per heavy atom. The molecule has 0 radical (unpaired) electrons. The average Bonchev–Trinajstić information content (AvgIpc) is 3.39. The maximum absolute atomic E-state index is 13.3. The smallest absolute Gasteiger partial charge is 0.313 e. The predicted octanol–water partition coefficient (Wildman–Crippen LogP) is 3.28.